The number of nitrogens with zero attached hydrogens (tertiary/aromatic N) is 3. The molecule has 2 aromatic carbocycles. The molecule has 0 atom stereocenters. The van der Waals surface area contributed by atoms with Crippen LogP contribution in [0.25, 0.3) is 0 Å². The molecule has 0 amide bonds. The Labute approximate surface area is 156 Å². The van der Waals surface area contributed by atoms with Gasteiger partial charge in [-0.25, -0.2) is 4.39 Å². The predicted octanol–water partition coefficient (Wildman–Crippen LogP) is 3.43. The molecule has 1 aromatic heterocycles. The van der Waals surface area contributed by atoms with E-state index in [0.717, 1.165) is 17.7 Å². The lowest BCUT2D eigenvalue weighted by Crippen LogP contribution is -2.09. The molecule has 8 heteroatoms. The Bertz CT molecular complexity index is 890. The Balaban J connectivity index is 1.60. The molecule has 2 N–H and O–H groups in total. The number of halogens is 1. The zero-order chi connectivity index (χ0) is 19.1. The van der Waals surface area contributed by atoms with Gasteiger partial charge in [0.15, 0.2) is 17.3 Å². The molecule has 1 heterocycles. The minimum absolute atomic E-state index is 0.242. The quantitative estimate of drug-likeness (QED) is 0.629. The summed E-state index contributed by atoms with van der Waals surface area (Å²) in [5.74, 6) is 1.96. The largest absolute Gasteiger partial charge is 0.493 e. The van der Waals surface area contributed by atoms with Gasteiger partial charge in [-0.15, -0.1) is 5.10 Å². The minimum Gasteiger partial charge on any atom is -0.493 e. The van der Waals surface area contributed by atoms with E-state index in [2.05, 4.69) is 25.8 Å². The summed E-state index contributed by atoms with van der Waals surface area (Å²) >= 11 is 0. The van der Waals surface area contributed by atoms with Crippen molar-refractivity contribution < 1.29 is 13.9 Å². The van der Waals surface area contributed by atoms with Gasteiger partial charge in [0.25, 0.3) is 0 Å². The van der Waals surface area contributed by atoms with Crippen LogP contribution in [-0.2, 0) is 6.42 Å². The first kappa shape index (κ1) is 18.4. The highest BCUT2D eigenvalue weighted by Crippen LogP contribution is 2.30. The summed E-state index contributed by atoms with van der Waals surface area (Å²) in [7, 11) is 3.17. The van der Waals surface area contributed by atoms with Crippen molar-refractivity contribution in [1.82, 2.24) is 15.2 Å². The van der Waals surface area contributed by atoms with Crippen molar-refractivity contribution in [2.45, 2.75) is 6.42 Å². The van der Waals surface area contributed by atoms with Gasteiger partial charge in [-0.3, -0.25) is 0 Å². The van der Waals surface area contributed by atoms with Crippen LogP contribution < -0.4 is 20.1 Å². The standard InChI is InChI=1S/C19H20FN5O2/c1-26-16-8-7-15(11-17(16)27-2)23-18-12-22-25-19(24-18)21-10-9-13-3-5-14(20)6-4-13/h3-8,11-12H,9-10H2,1-2H3,(H2,21,23,24,25). The first-order valence-electron chi connectivity index (χ1n) is 8.35. The van der Waals surface area contributed by atoms with Crippen LogP contribution in [0.15, 0.2) is 48.7 Å². The highest BCUT2D eigenvalue weighted by molar-refractivity contribution is 5.61. The van der Waals surface area contributed by atoms with E-state index in [1.807, 2.05) is 12.1 Å². The van der Waals surface area contributed by atoms with Gasteiger partial charge in [-0.2, -0.15) is 10.1 Å². The molecule has 3 aromatic rings. The molecule has 0 aliphatic carbocycles. The summed E-state index contributed by atoms with van der Waals surface area (Å²) in [4.78, 5) is 4.38. The van der Waals surface area contributed by atoms with Crippen molar-refractivity contribution in [3.63, 3.8) is 0 Å². The highest BCUT2D eigenvalue weighted by Gasteiger charge is 2.06. The van der Waals surface area contributed by atoms with E-state index in [4.69, 9.17) is 9.47 Å². The molecule has 0 fully saturated rings. The van der Waals surface area contributed by atoms with Crippen molar-refractivity contribution >= 4 is 17.5 Å². The van der Waals surface area contributed by atoms with E-state index in [-0.39, 0.29) is 5.82 Å². The number of hydrogen-bond donors (Lipinski definition) is 2. The zero-order valence-corrected chi connectivity index (χ0v) is 15.1. The van der Waals surface area contributed by atoms with Crippen LogP contribution in [0, 0.1) is 5.82 Å². The molecule has 140 valence electrons. The molecule has 0 radical (unpaired) electrons. The number of hydrogen-bond acceptors (Lipinski definition) is 7. The van der Waals surface area contributed by atoms with Crippen LogP contribution in [0.1, 0.15) is 5.56 Å². The lowest BCUT2D eigenvalue weighted by molar-refractivity contribution is 0.355. The zero-order valence-electron chi connectivity index (χ0n) is 15.1. The Hall–Kier alpha value is -3.42. The third kappa shape index (κ3) is 5.04. The van der Waals surface area contributed by atoms with Crippen LogP contribution >= 0.6 is 0 Å². The second-order valence-corrected chi connectivity index (χ2v) is 5.66. The number of ether oxygens (including phenoxy) is 2. The molecule has 3 rings (SSSR count). The number of rotatable bonds is 8. The summed E-state index contributed by atoms with van der Waals surface area (Å²) in [5.41, 5.74) is 1.81. The summed E-state index contributed by atoms with van der Waals surface area (Å²) in [6.45, 7) is 0.604. The molecule has 27 heavy (non-hydrogen) atoms. The smallest absolute Gasteiger partial charge is 0.244 e. The molecular weight excluding hydrogens is 349 g/mol. The van der Waals surface area contributed by atoms with Crippen LogP contribution in [-0.4, -0.2) is 35.9 Å². The van der Waals surface area contributed by atoms with Crippen molar-refractivity contribution in [3.8, 4) is 11.5 Å². The second-order valence-electron chi connectivity index (χ2n) is 5.66. The van der Waals surface area contributed by atoms with Crippen LogP contribution in [0.4, 0.5) is 21.8 Å². The molecule has 0 bridgehead atoms. The van der Waals surface area contributed by atoms with E-state index in [1.165, 1.54) is 18.3 Å². The summed E-state index contributed by atoms with van der Waals surface area (Å²) < 4.78 is 23.4. The molecule has 0 aliphatic rings. The number of nitrogens with one attached hydrogen (secondary N) is 2. The maximum Gasteiger partial charge on any atom is 0.244 e. The summed E-state index contributed by atoms with van der Waals surface area (Å²) in [6, 6.07) is 11.9. The summed E-state index contributed by atoms with van der Waals surface area (Å²) in [6.07, 6.45) is 2.25. The van der Waals surface area contributed by atoms with Gasteiger partial charge in [0, 0.05) is 18.3 Å². The van der Waals surface area contributed by atoms with Gasteiger partial charge in [0.1, 0.15) is 5.82 Å². The van der Waals surface area contributed by atoms with E-state index >= 15 is 0 Å². The van der Waals surface area contributed by atoms with Crippen molar-refractivity contribution in [1.29, 1.82) is 0 Å². The molecule has 0 saturated carbocycles. The minimum atomic E-state index is -0.242. The molecule has 0 saturated heterocycles. The summed E-state index contributed by atoms with van der Waals surface area (Å²) in [5, 5.41) is 14.2. The van der Waals surface area contributed by atoms with E-state index in [1.54, 1.807) is 32.4 Å². The monoisotopic (exact) mass is 369 g/mol. The van der Waals surface area contributed by atoms with Gasteiger partial charge >= 0.3 is 0 Å². The van der Waals surface area contributed by atoms with Crippen molar-refractivity contribution in [3.05, 3.63) is 60.0 Å². The third-order valence-electron chi connectivity index (χ3n) is 3.82. The predicted molar refractivity (Wildman–Crippen MR) is 101 cm³/mol. The first-order valence-corrected chi connectivity index (χ1v) is 8.35. The molecular formula is C19H20FN5O2. The van der Waals surface area contributed by atoms with Gasteiger partial charge in [0.05, 0.1) is 20.4 Å². The average Bonchev–Trinajstić information content (AvgIpc) is 2.70. The Morgan fingerprint density at radius 1 is 1.00 bits per heavy atom. The van der Waals surface area contributed by atoms with Gasteiger partial charge in [-0.05, 0) is 36.2 Å². The second kappa shape index (κ2) is 8.79. The molecule has 0 spiro atoms. The van der Waals surface area contributed by atoms with Gasteiger partial charge in [0.2, 0.25) is 5.95 Å². The number of benzene rings is 2. The van der Waals surface area contributed by atoms with Crippen LogP contribution in [0.5, 0.6) is 11.5 Å². The Morgan fingerprint density at radius 3 is 2.52 bits per heavy atom. The van der Waals surface area contributed by atoms with Crippen molar-refractivity contribution in [2.75, 3.05) is 31.4 Å². The average molecular weight is 369 g/mol. The number of aromatic nitrogens is 3. The topological polar surface area (TPSA) is 81.2 Å². The van der Waals surface area contributed by atoms with Crippen LogP contribution in [0.3, 0.4) is 0 Å². The highest BCUT2D eigenvalue weighted by atomic mass is 19.1. The van der Waals surface area contributed by atoms with E-state index < -0.39 is 0 Å². The SMILES string of the molecule is COc1ccc(Nc2cnnc(NCCc3ccc(F)cc3)n2)cc1OC. The normalized spacial score (nSPS) is 10.3. The van der Waals surface area contributed by atoms with E-state index in [0.29, 0.717) is 29.8 Å². The van der Waals surface area contributed by atoms with Crippen molar-refractivity contribution in [2.24, 2.45) is 0 Å². The lowest BCUT2D eigenvalue weighted by atomic mass is 10.1. The van der Waals surface area contributed by atoms with E-state index in [9.17, 15) is 4.39 Å². The first-order chi connectivity index (χ1) is 13.2. The van der Waals surface area contributed by atoms with Gasteiger partial charge < -0.3 is 20.1 Å². The van der Waals surface area contributed by atoms with Crippen LogP contribution in [0.2, 0.25) is 0 Å². The fourth-order valence-electron chi connectivity index (χ4n) is 2.47. The number of anilines is 3. The van der Waals surface area contributed by atoms with Gasteiger partial charge in [-0.1, -0.05) is 12.1 Å². The fourth-order valence-corrected chi connectivity index (χ4v) is 2.47. The molecule has 0 unspecified atom stereocenters. The maximum atomic E-state index is 12.9. The molecule has 7 nitrogen and oxygen atoms in total. The third-order valence-corrected chi connectivity index (χ3v) is 3.82. The molecule has 0 aliphatic heterocycles. The Morgan fingerprint density at radius 2 is 1.78 bits per heavy atom. The Kier molecular flexibility index (Phi) is 5.98. The fraction of sp³-hybridized carbons (Fsp3) is 0.211. The number of methoxy groups -OCH3 is 2. The maximum absolute atomic E-state index is 12.9. The lowest BCUT2D eigenvalue weighted by Gasteiger charge is -2.11.